The fourth-order valence-corrected chi connectivity index (χ4v) is 3.85. The monoisotopic (exact) mass is 445 g/mol. The number of halogens is 3. The smallest absolute Gasteiger partial charge is 0.477 e. The summed E-state index contributed by atoms with van der Waals surface area (Å²) >= 11 is 1.44. The fraction of sp³-hybridized carbons (Fsp3) is 0.444. The third-order valence-corrected chi connectivity index (χ3v) is 5.43. The number of carbonyl (C=O) groups excluding carboxylic acids is 1. The Labute approximate surface area is 173 Å². The molecule has 2 fully saturated rings. The summed E-state index contributed by atoms with van der Waals surface area (Å²) < 4.78 is 43.3. The number of hydrogen-bond donors (Lipinski definition) is 1. The molecule has 2 aromatic rings. The third-order valence-electron chi connectivity index (χ3n) is 4.85. The number of aliphatic carboxylic acids is 1. The summed E-state index contributed by atoms with van der Waals surface area (Å²) in [5.41, 5.74) is 2.06. The first-order valence-electron chi connectivity index (χ1n) is 8.80. The fourth-order valence-electron chi connectivity index (χ4n) is 3.32. The molecule has 30 heavy (non-hydrogen) atoms. The summed E-state index contributed by atoms with van der Waals surface area (Å²) in [7, 11) is 0. The van der Waals surface area contributed by atoms with Crippen molar-refractivity contribution in [1.82, 2.24) is 14.9 Å². The lowest BCUT2D eigenvalue weighted by molar-refractivity contribution is -0.192. The third kappa shape index (κ3) is 5.05. The minimum absolute atomic E-state index is 0.00198. The first kappa shape index (κ1) is 22.0. The van der Waals surface area contributed by atoms with E-state index in [0.29, 0.717) is 50.4 Å². The Morgan fingerprint density at radius 2 is 2.13 bits per heavy atom. The summed E-state index contributed by atoms with van der Waals surface area (Å²) in [6, 6.07) is 5.60. The number of nitrogens with zero attached hydrogens (tertiary/aromatic N) is 3. The van der Waals surface area contributed by atoms with E-state index in [1.807, 2.05) is 23.1 Å². The minimum Gasteiger partial charge on any atom is -0.477 e. The first-order chi connectivity index (χ1) is 14.2. The second kappa shape index (κ2) is 8.96. The highest BCUT2D eigenvalue weighted by Crippen LogP contribution is 2.42. The summed E-state index contributed by atoms with van der Waals surface area (Å²) in [5.74, 6) is -1.85. The number of carboxylic acid groups (broad SMARTS) is 1. The molecule has 1 amide bonds. The molecule has 0 spiro atoms. The maximum atomic E-state index is 12.5. The molecule has 0 unspecified atom stereocenters. The van der Waals surface area contributed by atoms with Crippen molar-refractivity contribution in [3.05, 3.63) is 41.0 Å². The zero-order chi connectivity index (χ0) is 21.8. The molecule has 2 saturated heterocycles. The van der Waals surface area contributed by atoms with Crippen molar-refractivity contribution in [2.75, 3.05) is 32.9 Å². The van der Waals surface area contributed by atoms with E-state index in [1.54, 1.807) is 17.1 Å². The number of hydrogen-bond acceptors (Lipinski definition) is 7. The lowest BCUT2D eigenvalue weighted by Gasteiger charge is -2.26. The van der Waals surface area contributed by atoms with Crippen molar-refractivity contribution in [3.63, 3.8) is 0 Å². The van der Waals surface area contributed by atoms with Crippen LogP contribution in [0.2, 0.25) is 0 Å². The number of amides is 1. The van der Waals surface area contributed by atoms with E-state index in [1.165, 1.54) is 11.3 Å². The molecule has 4 rings (SSSR count). The highest BCUT2D eigenvalue weighted by Gasteiger charge is 2.52. The highest BCUT2D eigenvalue weighted by atomic mass is 32.1. The number of alkyl halides is 3. The number of thiazole rings is 1. The van der Waals surface area contributed by atoms with Crippen LogP contribution in [0.3, 0.4) is 0 Å². The average molecular weight is 445 g/mol. The zero-order valence-corrected chi connectivity index (χ0v) is 16.4. The van der Waals surface area contributed by atoms with E-state index in [2.05, 4.69) is 9.97 Å². The van der Waals surface area contributed by atoms with Gasteiger partial charge in [-0.3, -0.25) is 4.79 Å². The van der Waals surface area contributed by atoms with E-state index in [9.17, 15) is 18.0 Å². The number of likely N-dealkylation sites (tertiary alicyclic amines) is 1. The van der Waals surface area contributed by atoms with Crippen molar-refractivity contribution in [2.45, 2.75) is 6.18 Å². The molecule has 12 heteroatoms. The molecule has 0 radical (unpaired) electrons. The average Bonchev–Trinajstić information content (AvgIpc) is 3.42. The standard InChI is InChI=1S/C16H17N3O3S.C2HF3O2/c20-15(13-7-23-11-18-13)19-5-12-6-21-9-16(12,8-19)10-22-14-3-1-2-4-17-14;3-2(4,5)1(6)7/h1-4,7,11-12H,5-6,8-10H2;(H,6,7)/t12-,16+;/m1./s1. The van der Waals surface area contributed by atoms with Gasteiger partial charge in [0.2, 0.25) is 5.88 Å². The van der Waals surface area contributed by atoms with Gasteiger partial charge in [0.15, 0.2) is 0 Å². The van der Waals surface area contributed by atoms with E-state index < -0.39 is 12.1 Å². The quantitative estimate of drug-likeness (QED) is 0.771. The molecule has 0 aromatic carbocycles. The van der Waals surface area contributed by atoms with E-state index in [-0.39, 0.29) is 11.3 Å². The van der Waals surface area contributed by atoms with Gasteiger partial charge in [0, 0.05) is 36.7 Å². The number of pyridine rings is 1. The van der Waals surface area contributed by atoms with Crippen LogP contribution in [0.1, 0.15) is 10.5 Å². The van der Waals surface area contributed by atoms with Crippen LogP contribution in [0.15, 0.2) is 35.3 Å². The Morgan fingerprint density at radius 3 is 2.73 bits per heavy atom. The van der Waals surface area contributed by atoms with E-state index >= 15 is 0 Å². The van der Waals surface area contributed by atoms with Crippen LogP contribution in [0, 0.1) is 11.3 Å². The number of ether oxygens (including phenoxy) is 2. The van der Waals surface area contributed by atoms with Crippen molar-refractivity contribution >= 4 is 23.2 Å². The van der Waals surface area contributed by atoms with Gasteiger partial charge in [-0.2, -0.15) is 13.2 Å². The molecule has 8 nitrogen and oxygen atoms in total. The van der Waals surface area contributed by atoms with Gasteiger partial charge >= 0.3 is 12.1 Å². The molecule has 0 saturated carbocycles. The van der Waals surface area contributed by atoms with Crippen molar-refractivity contribution in [1.29, 1.82) is 0 Å². The molecule has 1 N–H and O–H groups in total. The largest absolute Gasteiger partial charge is 0.490 e. The van der Waals surface area contributed by atoms with Crippen molar-refractivity contribution in [3.8, 4) is 5.88 Å². The lowest BCUT2D eigenvalue weighted by Crippen LogP contribution is -2.38. The molecule has 0 bridgehead atoms. The summed E-state index contributed by atoms with van der Waals surface area (Å²) in [6.07, 6.45) is -3.37. The van der Waals surface area contributed by atoms with Gasteiger partial charge in [-0.1, -0.05) is 6.07 Å². The number of carboxylic acids is 1. The van der Waals surface area contributed by atoms with Crippen LogP contribution >= 0.6 is 11.3 Å². The summed E-state index contributed by atoms with van der Waals surface area (Å²) in [5, 5.41) is 8.92. The Kier molecular flexibility index (Phi) is 6.56. The van der Waals surface area contributed by atoms with Crippen LogP contribution in [-0.4, -0.2) is 70.9 Å². The van der Waals surface area contributed by atoms with Crippen molar-refractivity contribution < 1.29 is 37.3 Å². The molecular weight excluding hydrogens is 427 g/mol. The van der Waals surface area contributed by atoms with Crippen LogP contribution in [-0.2, 0) is 9.53 Å². The Bertz CT molecular complexity index is 866. The Hall–Kier alpha value is -2.73. The Morgan fingerprint density at radius 1 is 1.37 bits per heavy atom. The summed E-state index contributed by atoms with van der Waals surface area (Å²) in [4.78, 5) is 31.6. The van der Waals surface area contributed by atoms with Crippen LogP contribution in [0.5, 0.6) is 5.88 Å². The minimum atomic E-state index is -5.08. The van der Waals surface area contributed by atoms with Gasteiger partial charge in [-0.25, -0.2) is 14.8 Å². The van der Waals surface area contributed by atoms with Crippen LogP contribution in [0.4, 0.5) is 13.2 Å². The maximum Gasteiger partial charge on any atom is 0.490 e. The second-order valence-electron chi connectivity index (χ2n) is 6.89. The first-order valence-corrected chi connectivity index (χ1v) is 9.75. The molecule has 2 aliphatic rings. The number of rotatable bonds is 4. The van der Waals surface area contributed by atoms with Crippen molar-refractivity contribution in [2.24, 2.45) is 11.3 Å². The second-order valence-corrected chi connectivity index (χ2v) is 7.61. The maximum absolute atomic E-state index is 12.5. The normalized spacial score (nSPS) is 22.8. The predicted octanol–water partition coefficient (Wildman–Crippen LogP) is 2.34. The highest BCUT2D eigenvalue weighted by molar-refractivity contribution is 7.07. The predicted molar refractivity (Wildman–Crippen MR) is 98.2 cm³/mol. The number of carbonyl (C=O) groups is 2. The number of aromatic nitrogens is 2. The van der Waals surface area contributed by atoms with Gasteiger partial charge < -0.3 is 19.5 Å². The topological polar surface area (TPSA) is 102 Å². The molecule has 2 aromatic heterocycles. The van der Waals surface area contributed by atoms with Gasteiger partial charge in [-0.05, 0) is 6.07 Å². The van der Waals surface area contributed by atoms with Gasteiger partial charge in [0.1, 0.15) is 5.69 Å². The SMILES string of the molecule is O=C(O)C(F)(F)F.O=C(c1cscn1)N1C[C@@H]2COC[C@]2(COc2ccccn2)C1. The van der Waals surface area contributed by atoms with E-state index in [0.717, 1.165) is 0 Å². The molecule has 4 heterocycles. The van der Waals surface area contributed by atoms with Gasteiger partial charge in [0.25, 0.3) is 5.91 Å². The van der Waals surface area contributed by atoms with Crippen LogP contribution < -0.4 is 4.74 Å². The molecule has 0 aliphatic carbocycles. The lowest BCUT2D eigenvalue weighted by atomic mass is 9.82. The molecular formula is C18H18F3N3O5S. The van der Waals surface area contributed by atoms with Gasteiger partial charge in [0.05, 0.1) is 30.7 Å². The molecule has 2 atom stereocenters. The van der Waals surface area contributed by atoms with Gasteiger partial charge in [-0.15, -0.1) is 11.3 Å². The molecule has 2 aliphatic heterocycles. The Balaban J connectivity index is 0.000000318. The molecule has 162 valence electrons. The number of fused-ring (bicyclic) bond motifs is 1. The van der Waals surface area contributed by atoms with E-state index in [4.69, 9.17) is 19.4 Å². The zero-order valence-electron chi connectivity index (χ0n) is 15.5. The summed E-state index contributed by atoms with van der Waals surface area (Å²) in [6.45, 7) is 3.14. The van der Waals surface area contributed by atoms with Crippen LogP contribution in [0.25, 0.3) is 0 Å².